The van der Waals surface area contributed by atoms with Crippen LogP contribution in [0.1, 0.15) is 156 Å². The molecule has 15 nitrogen and oxygen atoms in total. The van der Waals surface area contributed by atoms with Crippen LogP contribution in [0.15, 0.2) is 18.2 Å². The molecule has 0 radical (unpaired) electrons. The maximum atomic E-state index is 13.2. The van der Waals surface area contributed by atoms with E-state index >= 15 is 0 Å². The summed E-state index contributed by atoms with van der Waals surface area (Å²) >= 11 is 0. The molecule has 15 heteroatoms. The van der Waals surface area contributed by atoms with Gasteiger partial charge in [0, 0.05) is 26.1 Å². The second-order valence-corrected chi connectivity index (χ2v) is 15.9. The summed E-state index contributed by atoms with van der Waals surface area (Å²) in [6, 6.07) is 3.55. The number of hydrogen-bond donors (Lipinski definition) is 2. The highest BCUT2D eigenvalue weighted by atomic mass is 16.6. The predicted molar refractivity (Wildman–Crippen MR) is 236 cm³/mol. The van der Waals surface area contributed by atoms with Crippen molar-refractivity contribution in [3.05, 3.63) is 29.3 Å². The number of rotatable bonds is 41. The molecule has 5 amide bonds. The summed E-state index contributed by atoms with van der Waals surface area (Å²) in [5, 5.41) is 4.92. The number of carbonyl (C=O) groups excluding carboxylic acids is 5. The van der Waals surface area contributed by atoms with E-state index in [1.165, 1.54) is 89.5 Å². The number of nitrogens with one attached hydrogen (secondary N) is 2. The molecule has 3 rings (SSSR count). The molecular formula is C47H77N3O12. The Morgan fingerprint density at radius 3 is 1.44 bits per heavy atom. The molecule has 0 spiro atoms. The normalized spacial score (nSPS) is 15.1. The molecule has 352 valence electrons. The number of hydrogen-bond acceptors (Lipinski definition) is 12. The van der Waals surface area contributed by atoms with Crippen molar-refractivity contribution in [3.63, 3.8) is 0 Å². The van der Waals surface area contributed by atoms with Crippen molar-refractivity contribution in [3.8, 4) is 0 Å². The average Bonchev–Trinajstić information content (AvgIpc) is 3.52. The molecule has 2 aliphatic rings. The summed E-state index contributed by atoms with van der Waals surface area (Å²) in [7, 11) is 0. The van der Waals surface area contributed by atoms with E-state index in [-0.39, 0.29) is 42.0 Å². The van der Waals surface area contributed by atoms with Crippen LogP contribution in [-0.2, 0) is 47.5 Å². The van der Waals surface area contributed by atoms with Crippen LogP contribution in [0.5, 0.6) is 0 Å². The Bertz CT molecular complexity index is 1410. The summed E-state index contributed by atoms with van der Waals surface area (Å²) in [5.74, 6) is -2.69. The number of benzene rings is 1. The van der Waals surface area contributed by atoms with Crippen LogP contribution in [0.3, 0.4) is 0 Å². The van der Waals surface area contributed by atoms with Crippen LogP contribution < -0.4 is 10.6 Å². The second-order valence-electron chi connectivity index (χ2n) is 15.9. The number of fused-ring (bicyclic) bond motifs is 1. The zero-order valence-corrected chi connectivity index (χ0v) is 37.7. The number of imide groups is 2. The van der Waals surface area contributed by atoms with E-state index in [1.54, 1.807) is 12.1 Å². The number of carbonyl (C=O) groups is 5. The number of amides is 5. The highest BCUT2D eigenvalue weighted by molar-refractivity contribution is 6.26. The second kappa shape index (κ2) is 35.1. The topological polar surface area (TPSA) is 177 Å². The van der Waals surface area contributed by atoms with Crippen molar-refractivity contribution in [2.24, 2.45) is 0 Å². The molecule has 2 N–H and O–H groups in total. The maximum absolute atomic E-state index is 13.2. The van der Waals surface area contributed by atoms with E-state index < -0.39 is 29.7 Å². The lowest BCUT2D eigenvalue weighted by atomic mass is 10.0. The minimum atomic E-state index is -1.07. The summed E-state index contributed by atoms with van der Waals surface area (Å²) < 4.78 is 39.0. The zero-order chi connectivity index (χ0) is 44.3. The number of ether oxygens (including phenoxy) is 7. The molecule has 0 aromatic heterocycles. The van der Waals surface area contributed by atoms with Crippen LogP contribution in [0, 0.1) is 0 Å². The van der Waals surface area contributed by atoms with E-state index in [0.717, 1.165) is 30.8 Å². The molecule has 1 fully saturated rings. The fourth-order valence-corrected chi connectivity index (χ4v) is 7.32. The van der Waals surface area contributed by atoms with Crippen LogP contribution in [0.2, 0.25) is 0 Å². The predicted octanol–water partition coefficient (Wildman–Crippen LogP) is 7.18. The number of nitrogens with zero attached hydrogens (tertiary/aromatic N) is 1. The van der Waals surface area contributed by atoms with Gasteiger partial charge in [0.25, 0.3) is 11.8 Å². The molecular weight excluding hydrogens is 799 g/mol. The Morgan fingerprint density at radius 1 is 0.565 bits per heavy atom. The number of piperidine rings is 1. The highest BCUT2D eigenvalue weighted by Crippen LogP contribution is 2.32. The Labute approximate surface area is 370 Å². The molecule has 62 heavy (non-hydrogen) atoms. The lowest BCUT2D eigenvalue weighted by Gasteiger charge is -2.27. The molecule has 2 aliphatic heterocycles. The fourth-order valence-electron chi connectivity index (χ4n) is 7.32. The van der Waals surface area contributed by atoms with E-state index in [1.807, 2.05) is 0 Å². The van der Waals surface area contributed by atoms with Gasteiger partial charge in [0.15, 0.2) is 0 Å². The van der Waals surface area contributed by atoms with Crippen molar-refractivity contribution in [2.75, 3.05) is 97.8 Å². The first-order valence-electron chi connectivity index (χ1n) is 23.6. The number of unbranched alkanes of at least 4 members (excludes halogenated alkanes) is 15. The summed E-state index contributed by atoms with van der Waals surface area (Å²) in [6.45, 7) is 9.77. The quantitative estimate of drug-likeness (QED) is 0.0501. The molecule has 2 heterocycles. The van der Waals surface area contributed by atoms with Gasteiger partial charge >= 0.3 is 0 Å². The van der Waals surface area contributed by atoms with Crippen molar-refractivity contribution >= 4 is 35.2 Å². The Morgan fingerprint density at radius 2 is 0.984 bits per heavy atom. The largest absolute Gasteiger partial charge is 0.379 e. The van der Waals surface area contributed by atoms with Gasteiger partial charge in [0.2, 0.25) is 17.7 Å². The average molecular weight is 876 g/mol. The van der Waals surface area contributed by atoms with Gasteiger partial charge in [-0.05, 0) is 37.8 Å². The Hall–Kier alpha value is -3.31. The first-order chi connectivity index (χ1) is 30.4. The minimum Gasteiger partial charge on any atom is -0.379 e. The number of anilines is 1. The molecule has 1 saturated heterocycles. The first kappa shape index (κ1) is 53.0. The van der Waals surface area contributed by atoms with Gasteiger partial charge < -0.3 is 38.5 Å². The van der Waals surface area contributed by atoms with Crippen LogP contribution in [-0.4, -0.2) is 133 Å². The molecule has 0 aliphatic carbocycles. The Kier molecular flexibility index (Phi) is 30.0. The smallest absolute Gasteiger partial charge is 0.264 e. The third-order valence-corrected chi connectivity index (χ3v) is 10.8. The highest BCUT2D eigenvalue weighted by Gasteiger charge is 2.45. The monoisotopic (exact) mass is 876 g/mol. The fraction of sp³-hybridized carbons (Fsp3) is 0.766. The van der Waals surface area contributed by atoms with E-state index in [2.05, 4.69) is 17.6 Å². The lowest BCUT2D eigenvalue weighted by molar-refractivity contribution is -0.136. The van der Waals surface area contributed by atoms with Gasteiger partial charge in [-0.2, -0.15) is 0 Å². The van der Waals surface area contributed by atoms with Crippen LogP contribution in [0.25, 0.3) is 0 Å². The first-order valence-corrected chi connectivity index (χ1v) is 23.6. The SMILES string of the molecule is CCCCCCCCCCCCCCCCOCCOCCOCCOCCOCCOCCOCCCCCC(=O)Nc1cccc2c1C(=O)N(C1CCC(=O)NC1=O)C2=O. The van der Waals surface area contributed by atoms with E-state index in [4.69, 9.17) is 33.2 Å². The molecule has 0 bridgehead atoms. The van der Waals surface area contributed by atoms with Crippen LogP contribution in [0.4, 0.5) is 5.69 Å². The van der Waals surface area contributed by atoms with Gasteiger partial charge in [0.05, 0.1) is 96.1 Å². The zero-order valence-electron chi connectivity index (χ0n) is 37.7. The van der Waals surface area contributed by atoms with Crippen LogP contribution >= 0.6 is 0 Å². The third kappa shape index (κ3) is 22.9. The van der Waals surface area contributed by atoms with E-state index in [9.17, 15) is 24.0 Å². The molecule has 1 unspecified atom stereocenters. The van der Waals surface area contributed by atoms with Crippen molar-refractivity contribution < 1.29 is 57.1 Å². The van der Waals surface area contributed by atoms with Gasteiger partial charge in [0.1, 0.15) is 6.04 Å². The Balaban J connectivity index is 0.989. The summed E-state index contributed by atoms with van der Waals surface area (Å²) in [6.07, 6.45) is 21.6. The third-order valence-electron chi connectivity index (χ3n) is 10.8. The van der Waals surface area contributed by atoms with Crippen molar-refractivity contribution in [1.29, 1.82) is 0 Å². The van der Waals surface area contributed by atoms with Gasteiger partial charge in [-0.25, -0.2) is 0 Å². The van der Waals surface area contributed by atoms with Crippen molar-refractivity contribution in [1.82, 2.24) is 10.2 Å². The van der Waals surface area contributed by atoms with E-state index in [0.29, 0.717) is 92.3 Å². The van der Waals surface area contributed by atoms with Crippen molar-refractivity contribution in [2.45, 2.75) is 141 Å². The molecule has 1 aromatic carbocycles. The minimum absolute atomic E-state index is 0.0328. The standard InChI is InChI=1S/C47H77N3O12/c1-2-3-4-5-6-7-8-9-10-11-12-13-14-17-25-56-27-29-58-31-33-60-35-37-62-38-36-61-34-32-59-30-28-57-26-18-15-16-22-42(51)48-40-21-19-20-39-44(40)47(55)50(46(39)54)41-23-24-43(52)49-45(41)53/h19-21,41H,2-18,22-38H2,1H3,(H,48,51)(H,49,52,53). The summed E-state index contributed by atoms with van der Waals surface area (Å²) in [4.78, 5) is 63.6. The maximum Gasteiger partial charge on any atom is 0.264 e. The van der Waals surface area contributed by atoms with Gasteiger partial charge in [-0.15, -0.1) is 0 Å². The molecule has 1 atom stereocenters. The summed E-state index contributed by atoms with van der Waals surface area (Å²) in [5.41, 5.74) is 0.401. The lowest BCUT2D eigenvalue weighted by Crippen LogP contribution is -2.54. The molecule has 1 aromatic rings. The van der Waals surface area contributed by atoms with Gasteiger partial charge in [-0.1, -0.05) is 103 Å². The molecule has 0 saturated carbocycles. The van der Waals surface area contributed by atoms with Gasteiger partial charge in [-0.3, -0.25) is 34.2 Å².